The van der Waals surface area contributed by atoms with Gasteiger partial charge < -0.3 is 9.64 Å². The molecule has 1 atom stereocenters. The molecule has 0 N–H and O–H groups in total. The maximum atomic E-state index is 5.15. The lowest BCUT2D eigenvalue weighted by atomic mass is 10.3. The number of benzene rings is 1. The third kappa shape index (κ3) is 4.75. The highest BCUT2D eigenvalue weighted by molar-refractivity contribution is 7.98. The summed E-state index contributed by atoms with van der Waals surface area (Å²) in [7, 11) is 5.82. The molecule has 1 unspecified atom stereocenters. The van der Waals surface area contributed by atoms with Crippen LogP contribution in [0.2, 0.25) is 0 Å². The molecule has 0 aliphatic carbocycles. The minimum Gasteiger partial charge on any atom is -0.497 e. The van der Waals surface area contributed by atoms with Crippen LogP contribution in [0.15, 0.2) is 35.4 Å². The number of aromatic nitrogens is 3. The molecule has 0 saturated heterocycles. The summed E-state index contributed by atoms with van der Waals surface area (Å²) in [6, 6.07) is 8.49. The Labute approximate surface area is 130 Å². The van der Waals surface area contributed by atoms with Gasteiger partial charge in [-0.05, 0) is 45.3 Å². The number of likely N-dealkylation sites (N-methyl/N-ethyl adjacent to an activating group) is 1. The smallest absolute Gasteiger partial charge is 0.118 e. The number of hydrogen-bond acceptors (Lipinski definition) is 5. The normalized spacial score (nSPS) is 12.6. The van der Waals surface area contributed by atoms with Crippen molar-refractivity contribution in [1.82, 2.24) is 19.9 Å². The number of rotatable bonds is 7. The van der Waals surface area contributed by atoms with E-state index in [0.29, 0.717) is 6.04 Å². The van der Waals surface area contributed by atoms with Gasteiger partial charge in [0.05, 0.1) is 19.3 Å². The molecule has 0 saturated carbocycles. The lowest BCUT2D eigenvalue weighted by Gasteiger charge is -2.18. The van der Waals surface area contributed by atoms with Crippen LogP contribution in [0.1, 0.15) is 12.6 Å². The van der Waals surface area contributed by atoms with Gasteiger partial charge in [0.1, 0.15) is 5.75 Å². The number of nitrogens with zero attached hydrogens (tertiary/aromatic N) is 4. The molecule has 114 valence electrons. The van der Waals surface area contributed by atoms with Gasteiger partial charge in [-0.1, -0.05) is 5.21 Å². The Morgan fingerprint density at radius 2 is 2.00 bits per heavy atom. The molecule has 1 aromatic carbocycles. The number of ether oxygens (including phenoxy) is 1. The average molecular weight is 306 g/mol. The molecule has 0 radical (unpaired) electrons. The summed E-state index contributed by atoms with van der Waals surface area (Å²) in [6.07, 6.45) is 2.02. The van der Waals surface area contributed by atoms with Crippen LogP contribution in [0.25, 0.3) is 0 Å². The standard InChI is InChI=1S/C15H22N4OS/c1-12(18(2)3)9-19-10-13(16-17-19)11-21-15-7-5-14(20-4)6-8-15/h5-8,10,12H,9,11H2,1-4H3. The Bertz CT molecular complexity index is 553. The lowest BCUT2D eigenvalue weighted by Crippen LogP contribution is -2.29. The van der Waals surface area contributed by atoms with Crippen molar-refractivity contribution in [2.24, 2.45) is 0 Å². The molecule has 0 aliphatic rings. The van der Waals surface area contributed by atoms with Crippen molar-refractivity contribution in [3.8, 4) is 5.75 Å². The minimum absolute atomic E-state index is 0.439. The van der Waals surface area contributed by atoms with Crippen molar-refractivity contribution in [1.29, 1.82) is 0 Å². The van der Waals surface area contributed by atoms with Crippen LogP contribution in [0.3, 0.4) is 0 Å². The first-order valence-corrected chi connectivity index (χ1v) is 7.89. The van der Waals surface area contributed by atoms with Gasteiger partial charge in [0, 0.05) is 22.9 Å². The third-order valence-corrected chi connectivity index (χ3v) is 4.41. The zero-order valence-corrected chi connectivity index (χ0v) is 13.8. The van der Waals surface area contributed by atoms with Crippen molar-refractivity contribution in [2.45, 2.75) is 30.2 Å². The maximum absolute atomic E-state index is 5.15. The van der Waals surface area contributed by atoms with E-state index in [-0.39, 0.29) is 0 Å². The van der Waals surface area contributed by atoms with E-state index in [0.717, 1.165) is 23.7 Å². The van der Waals surface area contributed by atoms with Crippen molar-refractivity contribution in [3.63, 3.8) is 0 Å². The molecule has 0 spiro atoms. The first-order valence-electron chi connectivity index (χ1n) is 6.91. The van der Waals surface area contributed by atoms with Crippen molar-refractivity contribution < 1.29 is 4.74 Å². The molecular weight excluding hydrogens is 284 g/mol. The summed E-state index contributed by atoms with van der Waals surface area (Å²) in [5.74, 6) is 1.70. The number of methoxy groups -OCH3 is 1. The van der Waals surface area contributed by atoms with Gasteiger partial charge >= 0.3 is 0 Å². The number of thioether (sulfide) groups is 1. The third-order valence-electron chi connectivity index (χ3n) is 3.37. The second-order valence-electron chi connectivity index (χ2n) is 5.21. The molecule has 0 amide bonds. The van der Waals surface area contributed by atoms with Crippen LogP contribution in [0.4, 0.5) is 0 Å². The van der Waals surface area contributed by atoms with E-state index in [4.69, 9.17) is 4.74 Å². The van der Waals surface area contributed by atoms with Crippen LogP contribution in [0, 0.1) is 0 Å². The Morgan fingerprint density at radius 1 is 1.29 bits per heavy atom. The van der Waals surface area contributed by atoms with Gasteiger partial charge in [-0.15, -0.1) is 16.9 Å². The molecule has 0 fully saturated rings. The molecule has 21 heavy (non-hydrogen) atoms. The largest absolute Gasteiger partial charge is 0.497 e. The van der Waals surface area contributed by atoms with E-state index in [9.17, 15) is 0 Å². The first-order chi connectivity index (χ1) is 10.1. The molecule has 2 rings (SSSR count). The van der Waals surface area contributed by atoms with Crippen LogP contribution in [0.5, 0.6) is 5.75 Å². The Kier molecular flexibility index (Phi) is 5.64. The summed E-state index contributed by atoms with van der Waals surface area (Å²) in [4.78, 5) is 3.38. The summed E-state index contributed by atoms with van der Waals surface area (Å²) >= 11 is 1.75. The van der Waals surface area contributed by atoms with Gasteiger partial charge in [-0.25, -0.2) is 0 Å². The van der Waals surface area contributed by atoms with Crippen molar-refractivity contribution in [2.75, 3.05) is 21.2 Å². The van der Waals surface area contributed by atoms with Crippen LogP contribution in [-0.2, 0) is 12.3 Å². The topological polar surface area (TPSA) is 43.2 Å². The fraction of sp³-hybridized carbons (Fsp3) is 0.467. The zero-order chi connectivity index (χ0) is 15.2. The minimum atomic E-state index is 0.439. The van der Waals surface area contributed by atoms with E-state index in [1.54, 1.807) is 18.9 Å². The fourth-order valence-electron chi connectivity index (χ4n) is 1.76. The molecule has 0 bridgehead atoms. The van der Waals surface area contributed by atoms with E-state index in [1.165, 1.54) is 4.90 Å². The molecule has 2 aromatic rings. The second kappa shape index (κ2) is 7.47. The summed E-state index contributed by atoms with van der Waals surface area (Å²) < 4.78 is 7.06. The van der Waals surface area contributed by atoms with Gasteiger partial charge in [0.15, 0.2) is 0 Å². The molecule has 6 heteroatoms. The first kappa shape index (κ1) is 15.9. The molecule has 5 nitrogen and oxygen atoms in total. The Morgan fingerprint density at radius 3 is 2.62 bits per heavy atom. The molecule has 1 heterocycles. The highest BCUT2D eigenvalue weighted by Gasteiger charge is 2.08. The second-order valence-corrected chi connectivity index (χ2v) is 6.26. The van der Waals surface area contributed by atoms with E-state index < -0.39 is 0 Å². The van der Waals surface area contributed by atoms with E-state index in [2.05, 4.69) is 48.4 Å². The Balaban J connectivity index is 1.87. The van der Waals surface area contributed by atoms with E-state index in [1.807, 2.05) is 23.0 Å². The summed E-state index contributed by atoms with van der Waals surface area (Å²) in [5.41, 5.74) is 1.00. The maximum Gasteiger partial charge on any atom is 0.118 e. The predicted octanol–water partition coefficient (Wildman–Crippen LogP) is 2.53. The van der Waals surface area contributed by atoms with Crippen LogP contribution >= 0.6 is 11.8 Å². The van der Waals surface area contributed by atoms with Crippen LogP contribution < -0.4 is 4.74 Å². The van der Waals surface area contributed by atoms with Gasteiger partial charge in [0.2, 0.25) is 0 Å². The monoisotopic (exact) mass is 306 g/mol. The fourth-order valence-corrected chi connectivity index (χ4v) is 2.53. The SMILES string of the molecule is COc1ccc(SCc2cn(CC(C)N(C)C)nn2)cc1. The number of hydrogen-bond donors (Lipinski definition) is 0. The summed E-state index contributed by atoms with van der Waals surface area (Å²) in [6.45, 7) is 3.03. The zero-order valence-electron chi connectivity index (χ0n) is 13.0. The Hall–Kier alpha value is -1.53. The average Bonchev–Trinajstić information content (AvgIpc) is 2.93. The molecule has 1 aromatic heterocycles. The van der Waals surface area contributed by atoms with Crippen molar-refractivity contribution >= 4 is 11.8 Å². The van der Waals surface area contributed by atoms with Gasteiger partial charge in [0.25, 0.3) is 0 Å². The molecule has 0 aliphatic heterocycles. The lowest BCUT2D eigenvalue weighted by molar-refractivity contribution is 0.274. The van der Waals surface area contributed by atoms with Gasteiger partial charge in [-0.2, -0.15) is 0 Å². The highest BCUT2D eigenvalue weighted by atomic mass is 32.2. The van der Waals surface area contributed by atoms with Crippen molar-refractivity contribution in [3.05, 3.63) is 36.2 Å². The summed E-state index contributed by atoms with van der Waals surface area (Å²) in [5, 5.41) is 8.41. The van der Waals surface area contributed by atoms with Gasteiger partial charge in [-0.3, -0.25) is 4.68 Å². The molecular formula is C15H22N4OS. The predicted molar refractivity (Wildman–Crippen MR) is 85.7 cm³/mol. The quantitative estimate of drug-likeness (QED) is 0.735. The van der Waals surface area contributed by atoms with E-state index >= 15 is 0 Å². The van der Waals surface area contributed by atoms with Crippen LogP contribution in [-0.4, -0.2) is 47.1 Å². The highest BCUT2D eigenvalue weighted by Crippen LogP contribution is 2.24.